The Labute approximate surface area is 98.9 Å². The molecule has 0 unspecified atom stereocenters. The van der Waals surface area contributed by atoms with Crippen molar-refractivity contribution >= 4 is 17.0 Å². The predicted molar refractivity (Wildman–Crippen MR) is 55.1 cm³/mol. The van der Waals surface area contributed by atoms with Crippen molar-refractivity contribution < 1.29 is 22.8 Å². The molecule has 18 heavy (non-hydrogen) atoms. The van der Waals surface area contributed by atoms with Crippen LogP contribution in [0, 0.1) is 0 Å². The lowest BCUT2D eigenvalue weighted by atomic mass is 10.2. The number of carbonyl (C=O) groups excluding carboxylic acids is 1. The first-order valence-corrected chi connectivity index (χ1v) is 4.90. The second-order valence-corrected chi connectivity index (χ2v) is 3.42. The van der Waals surface area contributed by atoms with Gasteiger partial charge in [-0.25, -0.2) is 9.78 Å². The van der Waals surface area contributed by atoms with E-state index in [4.69, 9.17) is 0 Å². The second kappa shape index (κ2) is 4.65. The molecule has 0 amide bonds. The van der Waals surface area contributed by atoms with Crippen LogP contribution in [0.1, 0.15) is 5.56 Å². The van der Waals surface area contributed by atoms with Crippen LogP contribution in [-0.2, 0) is 16.2 Å². The molecule has 0 saturated carbocycles. The molecule has 0 atom stereocenters. The smallest absolute Gasteiger partial charge is 0.363 e. The van der Waals surface area contributed by atoms with E-state index in [0.29, 0.717) is 11.2 Å². The van der Waals surface area contributed by atoms with Crippen molar-refractivity contribution in [2.45, 2.75) is 12.7 Å². The molecule has 0 spiro atoms. The van der Waals surface area contributed by atoms with Crippen LogP contribution in [0.25, 0.3) is 11.0 Å². The van der Waals surface area contributed by atoms with Gasteiger partial charge >= 0.3 is 12.1 Å². The molecule has 0 saturated heterocycles. The number of hydrogen-bond donors (Lipinski definition) is 2. The quantitative estimate of drug-likeness (QED) is 0.823. The van der Waals surface area contributed by atoms with E-state index >= 15 is 0 Å². The van der Waals surface area contributed by atoms with Gasteiger partial charge in [-0.05, 0) is 17.7 Å². The van der Waals surface area contributed by atoms with Crippen molar-refractivity contribution in [3.05, 3.63) is 30.1 Å². The molecule has 2 aromatic heterocycles. The third kappa shape index (κ3) is 2.59. The number of aromatic amines is 1. The molecule has 0 aromatic carbocycles. The van der Waals surface area contributed by atoms with Crippen LogP contribution in [0.4, 0.5) is 13.2 Å². The largest absolute Gasteiger partial charge is 0.492 e. The number of halogens is 3. The SMILES string of the molecule is O=C(ONCc1ccnc2[nH]ccc12)C(F)(F)F. The number of aromatic nitrogens is 2. The summed E-state index contributed by atoms with van der Waals surface area (Å²) in [6.45, 7) is -0.0430. The summed E-state index contributed by atoms with van der Waals surface area (Å²) >= 11 is 0. The summed E-state index contributed by atoms with van der Waals surface area (Å²) in [4.78, 5) is 21.2. The number of nitrogens with zero attached hydrogens (tertiary/aromatic N) is 1. The van der Waals surface area contributed by atoms with Gasteiger partial charge in [-0.2, -0.15) is 13.2 Å². The average Bonchev–Trinajstić information content (AvgIpc) is 2.76. The highest BCUT2D eigenvalue weighted by atomic mass is 19.4. The van der Waals surface area contributed by atoms with Gasteiger partial charge in [0.2, 0.25) is 0 Å². The fourth-order valence-corrected chi connectivity index (χ4v) is 1.41. The molecular formula is C10H8F3N3O2. The van der Waals surface area contributed by atoms with Crippen molar-refractivity contribution in [3.8, 4) is 0 Å². The van der Waals surface area contributed by atoms with Gasteiger partial charge in [-0.15, -0.1) is 5.48 Å². The van der Waals surface area contributed by atoms with Gasteiger partial charge in [-0.1, -0.05) is 0 Å². The maximum absolute atomic E-state index is 11.8. The number of hydrogen-bond acceptors (Lipinski definition) is 4. The van der Waals surface area contributed by atoms with Crippen molar-refractivity contribution in [1.29, 1.82) is 0 Å². The highest BCUT2D eigenvalue weighted by Gasteiger charge is 2.41. The van der Waals surface area contributed by atoms with Crippen molar-refractivity contribution in [2.75, 3.05) is 0 Å². The summed E-state index contributed by atoms with van der Waals surface area (Å²) < 4.78 is 35.5. The maximum Gasteiger partial charge on any atom is 0.492 e. The van der Waals surface area contributed by atoms with E-state index in [1.165, 1.54) is 6.20 Å². The van der Waals surface area contributed by atoms with Gasteiger partial charge in [0.1, 0.15) is 5.65 Å². The Morgan fingerprint density at radius 1 is 1.44 bits per heavy atom. The molecule has 2 heterocycles. The number of rotatable bonds is 3. The number of fused-ring (bicyclic) bond motifs is 1. The van der Waals surface area contributed by atoms with Crippen molar-refractivity contribution in [2.24, 2.45) is 0 Å². The van der Waals surface area contributed by atoms with E-state index in [1.54, 1.807) is 18.3 Å². The lowest BCUT2D eigenvalue weighted by Crippen LogP contribution is -2.31. The minimum atomic E-state index is -5.01. The van der Waals surface area contributed by atoms with Crippen LogP contribution < -0.4 is 5.48 Å². The molecule has 2 N–H and O–H groups in total. The van der Waals surface area contributed by atoms with Crippen LogP contribution >= 0.6 is 0 Å². The zero-order valence-electron chi connectivity index (χ0n) is 8.91. The highest BCUT2D eigenvalue weighted by molar-refractivity contribution is 5.79. The van der Waals surface area contributed by atoms with Crippen LogP contribution in [0.5, 0.6) is 0 Å². The molecule has 0 aliphatic heterocycles. The molecule has 0 bridgehead atoms. The lowest BCUT2D eigenvalue weighted by molar-refractivity contribution is -0.207. The van der Waals surface area contributed by atoms with Crippen LogP contribution in [0.3, 0.4) is 0 Å². The van der Waals surface area contributed by atoms with Crippen molar-refractivity contribution in [3.63, 3.8) is 0 Å². The zero-order chi connectivity index (χ0) is 13.2. The summed E-state index contributed by atoms with van der Waals surface area (Å²) in [7, 11) is 0. The molecule has 2 aromatic rings. The lowest BCUT2D eigenvalue weighted by Gasteiger charge is -2.08. The monoisotopic (exact) mass is 259 g/mol. The number of alkyl halides is 3. The van der Waals surface area contributed by atoms with E-state index in [-0.39, 0.29) is 6.54 Å². The second-order valence-electron chi connectivity index (χ2n) is 3.42. The molecule has 5 nitrogen and oxygen atoms in total. The Morgan fingerprint density at radius 3 is 2.94 bits per heavy atom. The molecule has 0 radical (unpaired) electrons. The first-order valence-electron chi connectivity index (χ1n) is 4.90. The first kappa shape index (κ1) is 12.4. The number of H-pyrrole nitrogens is 1. The van der Waals surface area contributed by atoms with E-state index in [0.717, 1.165) is 5.39 Å². The summed E-state index contributed by atoms with van der Waals surface area (Å²) in [5.41, 5.74) is 3.25. The van der Waals surface area contributed by atoms with Gasteiger partial charge < -0.3 is 9.82 Å². The number of carbonyl (C=O) groups is 1. The Bertz CT molecular complexity index is 565. The fraction of sp³-hybridized carbons (Fsp3) is 0.200. The fourth-order valence-electron chi connectivity index (χ4n) is 1.41. The summed E-state index contributed by atoms with van der Waals surface area (Å²) in [5.74, 6) is -2.28. The van der Waals surface area contributed by atoms with Gasteiger partial charge in [-0.3, -0.25) is 0 Å². The third-order valence-electron chi connectivity index (χ3n) is 2.21. The normalized spacial score (nSPS) is 11.7. The number of hydroxylamine groups is 1. The average molecular weight is 259 g/mol. The zero-order valence-corrected chi connectivity index (χ0v) is 8.91. The molecule has 0 aliphatic rings. The minimum Gasteiger partial charge on any atom is -0.363 e. The number of pyridine rings is 1. The van der Waals surface area contributed by atoms with E-state index in [2.05, 4.69) is 14.8 Å². The topological polar surface area (TPSA) is 67.0 Å². The summed E-state index contributed by atoms with van der Waals surface area (Å²) in [6.07, 6.45) is -1.85. The van der Waals surface area contributed by atoms with E-state index in [9.17, 15) is 18.0 Å². The Kier molecular flexibility index (Phi) is 3.19. The van der Waals surface area contributed by atoms with Crippen LogP contribution in [0.15, 0.2) is 24.5 Å². The van der Waals surface area contributed by atoms with Crippen LogP contribution in [0.2, 0.25) is 0 Å². The van der Waals surface area contributed by atoms with Gasteiger partial charge in [0.15, 0.2) is 0 Å². The van der Waals surface area contributed by atoms with E-state index < -0.39 is 12.1 Å². The maximum atomic E-state index is 11.8. The molecule has 0 fully saturated rings. The standard InChI is InChI=1S/C10H8F3N3O2/c11-10(12,13)9(17)18-16-5-6-1-3-14-8-7(6)2-4-15-8/h1-4,16H,5H2,(H,14,15). The van der Waals surface area contributed by atoms with Gasteiger partial charge in [0.25, 0.3) is 0 Å². The Morgan fingerprint density at radius 2 is 2.22 bits per heavy atom. The highest BCUT2D eigenvalue weighted by Crippen LogP contribution is 2.17. The van der Waals surface area contributed by atoms with Gasteiger partial charge in [0.05, 0.1) is 6.54 Å². The minimum absolute atomic E-state index is 0.0430. The molecule has 2 rings (SSSR count). The number of nitrogens with one attached hydrogen (secondary N) is 2. The first-order chi connectivity index (χ1) is 8.48. The molecule has 0 aliphatic carbocycles. The molecule has 96 valence electrons. The summed E-state index contributed by atoms with van der Waals surface area (Å²) in [6, 6.07) is 3.34. The Hall–Kier alpha value is -2.09. The van der Waals surface area contributed by atoms with Gasteiger partial charge in [0, 0.05) is 17.8 Å². The Balaban J connectivity index is 1.99. The molecule has 8 heteroatoms. The van der Waals surface area contributed by atoms with Crippen molar-refractivity contribution in [1.82, 2.24) is 15.4 Å². The summed E-state index contributed by atoms with van der Waals surface area (Å²) in [5, 5.41) is 0.744. The van der Waals surface area contributed by atoms with E-state index in [1.807, 2.05) is 5.48 Å². The van der Waals surface area contributed by atoms with Crippen LogP contribution in [-0.4, -0.2) is 22.1 Å². The predicted octanol–water partition coefficient (Wildman–Crippen LogP) is 1.67. The molecular weight excluding hydrogens is 251 g/mol. The third-order valence-corrected chi connectivity index (χ3v) is 2.21.